The molecule has 0 aromatic carbocycles. The fourth-order valence-corrected chi connectivity index (χ4v) is 4.86. The SMILES string of the molecule is CCOC(=O)N1CCN(c2ccnn3cc(-c4ncc(N5CCN(C(C)C)CC5)cn4)cc23)CC1. The van der Waals surface area contributed by atoms with Gasteiger partial charge in [0.1, 0.15) is 0 Å². The molecule has 0 saturated carbocycles. The van der Waals surface area contributed by atoms with Crippen LogP contribution in [0.3, 0.4) is 0 Å². The Morgan fingerprint density at radius 1 is 1.00 bits per heavy atom. The predicted molar refractivity (Wildman–Crippen MR) is 136 cm³/mol. The fraction of sp³-hybridized carbons (Fsp3) is 0.520. The minimum Gasteiger partial charge on any atom is -0.450 e. The van der Waals surface area contributed by atoms with Crippen molar-refractivity contribution in [3.8, 4) is 11.4 Å². The van der Waals surface area contributed by atoms with Gasteiger partial charge < -0.3 is 19.4 Å². The van der Waals surface area contributed by atoms with Gasteiger partial charge in [-0.1, -0.05) is 0 Å². The van der Waals surface area contributed by atoms with Gasteiger partial charge in [0.25, 0.3) is 0 Å². The summed E-state index contributed by atoms with van der Waals surface area (Å²) in [6.07, 6.45) is 7.41. The Balaban J connectivity index is 1.29. The molecule has 0 spiro atoms. The van der Waals surface area contributed by atoms with E-state index in [1.165, 1.54) is 0 Å². The molecule has 3 aromatic rings. The Hall–Kier alpha value is -3.40. The average molecular weight is 479 g/mol. The number of ether oxygens (including phenoxy) is 1. The molecule has 0 radical (unpaired) electrons. The van der Waals surface area contributed by atoms with Crippen LogP contribution in [0.15, 0.2) is 36.9 Å². The van der Waals surface area contributed by atoms with E-state index in [0.717, 1.165) is 61.7 Å². The molecule has 10 heteroatoms. The highest BCUT2D eigenvalue weighted by molar-refractivity contribution is 5.78. The van der Waals surface area contributed by atoms with Crippen LogP contribution in [0, 0.1) is 0 Å². The number of carbonyl (C=O) groups is 1. The molecule has 5 rings (SSSR count). The first kappa shape index (κ1) is 23.3. The topological polar surface area (TPSA) is 82.3 Å². The molecule has 5 heterocycles. The zero-order valence-corrected chi connectivity index (χ0v) is 20.8. The number of anilines is 2. The van der Waals surface area contributed by atoms with Crippen molar-refractivity contribution < 1.29 is 9.53 Å². The first-order chi connectivity index (χ1) is 17.0. The number of amides is 1. The second kappa shape index (κ2) is 10.1. The Labute approximate surface area is 206 Å². The molecule has 0 bridgehead atoms. The van der Waals surface area contributed by atoms with Crippen molar-refractivity contribution in [3.63, 3.8) is 0 Å². The fourth-order valence-electron chi connectivity index (χ4n) is 4.86. The second-order valence-electron chi connectivity index (χ2n) is 9.33. The Morgan fingerprint density at radius 2 is 1.69 bits per heavy atom. The second-order valence-corrected chi connectivity index (χ2v) is 9.33. The monoisotopic (exact) mass is 478 g/mol. The van der Waals surface area contributed by atoms with Crippen LogP contribution >= 0.6 is 0 Å². The number of aromatic nitrogens is 4. The standard InChI is InChI=1S/C25H34N8O2/c1-4-35-25(34)32-13-11-31(12-14-32)22-5-6-28-33-18-20(15-23(22)33)24-26-16-21(17-27-24)30-9-7-29(8-10-30)19(2)3/h5-6,15-19H,4,7-14H2,1-3H3. The van der Waals surface area contributed by atoms with E-state index < -0.39 is 0 Å². The molecule has 0 atom stereocenters. The molecule has 3 aromatic heterocycles. The minimum absolute atomic E-state index is 0.237. The largest absolute Gasteiger partial charge is 0.450 e. The van der Waals surface area contributed by atoms with Gasteiger partial charge in [0, 0.05) is 76.4 Å². The van der Waals surface area contributed by atoms with Gasteiger partial charge in [-0.05, 0) is 32.9 Å². The summed E-state index contributed by atoms with van der Waals surface area (Å²) >= 11 is 0. The zero-order chi connectivity index (χ0) is 24.4. The van der Waals surface area contributed by atoms with Crippen molar-refractivity contribution in [2.24, 2.45) is 0 Å². The maximum absolute atomic E-state index is 12.0. The molecule has 2 aliphatic heterocycles. The van der Waals surface area contributed by atoms with E-state index in [0.29, 0.717) is 31.6 Å². The third kappa shape index (κ3) is 4.88. The van der Waals surface area contributed by atoms with Gasteiger partial charge in [-0.3, -0.25) is 4.90 Å². The molecule has 0 unspecified atom stereocenters. The summed E-state index contributed by atoms with van der Waals surface area (Å²) in [5.74, 6) is 0.693. The van der Waals surface area contributed by atoms with Crippen LogP contribution in [-0.4, -0.2) is 100 Å². The molecule has 186 valence electrons. The van der Waals surface area contributed by atoms with E-state index in [-0.39, 0.29) is 6.09 Å². The summed E-state index contributed by atoms with van der Waals surface area (Å²) in [5, 5.41) is 4.50. The van der Waals surface area contributed by atoms with E-state index in [1.807, 2.05) is 42.3 Å². The van der Waals surface area contributed by atoms with Crippen LogP contribution in [0.25, 0.3) is 16.9 Å². The van der Waals surface area contributed by atoms with Crippen LogP contribution in [-0.2, 0) is 4.74 Å². The quantitative estimate of drug-likeness (QED) is 0.554. The average Bonchev–Trinajstić information content (AvgIpc) is 3.34. The van der Waals surface area contributed by atoms with Gasteiger partial charge in [-0.15, -0.1) is 0 Å². The summed E-state index contributed by atoms with van der Waals surface area (Å²) in [4.78, 5) is 30.3. The molecule has 2 aliphatic rings. The van der Waals surface area contributed by atoms with Crippen LogP contribution < -0.4 is 9.80 Å². The number of rotatable bonds is 5. The van der Waals surface area contributed by atoms with E-state index in [9.17, 15) is 4.79 Å². The van der Waals surface area contributed by atoms with Gasteiger partial charge in [0.05, 0.1) is 35.9 Å². The van der Waals surface area contributed by atoms with Crippen molar-refractivity contribution >= 4 is 23.0 Å². The molecule has 35 heavy (non-hydrogen) atoms. The molecule has 0 aliphatic carbocycles. The van der Waals surface area contributed by atoms with Gasteiger partial charge in [-0.25, -0.2) is 19.3 Å². The molecule has 2 fully saturated rings. The van der Waals surface area contributed by atoms with Crippen molar-refractivity contribution in [3.05, 3.63) is 36.9 Å². The summed E-state index contributed by atoms with van der Waals surface area (Å²) in [5.41, 5.74) is 4.10. The summed E-state index contributed by atoms with van der Waals surface area (Å²) < 4.78 is 7.02. The third-order valence-electron chi connectivity index (χ3n) is 6.94. The van der Waals surface area contributed by atoms with Crippen molar-refractivity contribution in [2.45, 2.75) is 26.8 Å². The number of fused-ring (bicyclic) bond motifs is 1. The highest BCUT2D eigenvalue weighted by Gasteiger charge is 2.24. The lowest BCUT2D eigenvalue weighted by atomic mass is 10.2. The molecule has 0 N–H and O–H groups in total. The van der Waals surface area contributed by atoms with Crippen molar-refractivity contribution in [1.29, 1.82) is 0 Å². The lowest BCUT2D eigenvalue weighted by Crippen LogP contribution is -2.49. The van der Waals surface area contributed by atoms with E-state index >= 15 is 0 Å². The van der Waals surface area contributed by atoms with Gasteiger partial charge in [0.2, 0.25) is 0 Å². The van der Waals surface area contributed by atoms with Crippen LogP contribution in [0.2, 0.25) is 0 Å². The minimum atomic E-state index is -0.237. The van der Waals surface area contributed by atoms with Gasteiger partial charge in [0.15, 0.2) is 5.82 Å². The maximum Gasteiger partial charge on any atom is 0.409 e. The van der Waals surface area contributed by atoms with Crippen LogP contribution in [0.1, 0.15) is 20.8 Å². The molecule has 1 amide bonds. The van der Waals surface area contributed by atoms with E-state index in [1.54, 1.807) is 4.90 Å². The van der Waals surface area contributed by atoms with Crippen molar-refractivity contribution in [1.82, 2.24) is 29.4 Å². The predicted octanol–water partition coefficient (Wildman–Crippen LogP) is 2.60. The van der Waals surface area contributed by atoms with E-state index in [2.05, 4.69) is 49.7 Å². The number of nitrogens with zero attached hydrogens (tertiary/aromatic N) is 8. The number of carbonyl (C=O) groups excluding carboxylic acids is 1. The first-order valence-electron chi connectivity index (χ1n) is 12.5. The lowest BCUT2D eigenvalue weighted by molar-refractivity contribution is 0.105. The van der Waals surface area contributed by atoms with Gasteiger partial charge >= 0.3 is 6.09 Å². The van der Waals surface area contributed by atoms with E-state index in [4.69, 9.17) is 4.74 Å². The third-order valence-corrected chi connectivity index (χ3v) is 6.94. The van der Waals surface area contributed by atoms with Crippen LogP contribution in [0.4, 0.5) is 16.2 Å². The lowest BCUT2D eigenvalue weighted by Gasteiger charge is -2.37. The summed E-state index contributed by atoms with van der Waals surface area (Å²) in [6, 6.07) is 4.70. The van der Waals surface area contributed by atoms with Crippen LogP contribution in [0.5, 0.6) is 0 Å². The molecule has 2 saturated heterocycles. The van der Waals surface area contributed by atoms with Crippen molar-refractivity contribution in [2.75, 3.05) is 68.8 Å². The number of piperazine rings is 2. The molecular weight excluding hydrogens is 444 g/mol. The van der Waals surface area contributed by atoms with Gasteiger partial charge in [-0.2, -0.15) is 5.10 Å². The zero-order valence-electron chi connectivity index (χ0n) is 20.8. The maximum atomic E-state index is 12.0. The number of hydrogen-bond donors (Lipinski definition) is 0. The smallest absolute Gasteiger partial charge is 0.409 e. The molecular formula is C25H34N8O2. The normalized spacial score (nSPS) is 17.4. The summed E-state index contributed by atoms with van der Waals surface area (Å²) in [6.45, 7) is 13.6. The Bertz CT molecular complexity index is 1150. The first-order valence-corrected chi connectivity index (χ1v) is 12.5. The highest BCUT2D eigenvalue weighted by Crippen LogP contribution is 2.28. The summed E-state index contributed by atoms with van der Waals surface area (Å²) in [7, 11) is 0. The highest BCUT2D eigenvalue weighted by atomic mass is 16.6. The Morgan fingerprint density at radius 3 is 2.34 bits per heavy atom. The molecule has 10 nitrogen and oxygen atoms in total. The number of hydrogen-bond acceptors (Lipinski definition) is 8. The Kier molecular flexibility index (Phi) is 6.72.